The minimum Gasteiger partial charge on any atom is -0.478 e. The van der Waals surface area contributed by atoms with Gasteiger partial charge in [-0.15, -0.1) is 0 Å². The molecule has 20 heavy (non-hydrogen) atoms. The topological polar surface area (TPSA) is 79.3 Å². The van der Waals surface area contributed by atoms with Crippen molar-refractivity contribution >= 4 is 29.2 Å². The second-order valence-electron chi connectivity index (χ2n) is 3.79. The molecule has 0 bridgehead atoms. The van der Waals surface area contributed by atoms with Crippen molar-refractivity contribution in [3.05, 3.63) is 58.6 Å². The summed E-state index contributed by atoms with van der Waals surface area (Å²) >= 11 is 5.76. The monoisotopic (exact) mass is 294 g/mol. The predicted octanol–water partition coefficient (Wildman–Crippen LogP) is 2.82. The number of carboxylic acids is 1. The lowest BCUT2D eigenvalue weighted by atomic mass is 10.1. The number of aromatic nitrogens is 1. The molecule has 7 heteroatoms. The molecule has 0 saturated heterocycles. The molecule has 1 amide bonds. The number of halogens is 2. The highest BCUT2D eigenvalue weighted by molar-refractivity contribution is 6.33. The summed E-state index contributed by atoms with van der Waals surface area (Å²) in [5, 5.41) is 11.3. The minimum atomic E-state index is -1.28. The molecule has 2 aromatic rings. The Balaban J connectivity index is 2.35. The predicted molar refractivity (Wildman–Crippen MR) is 70.6 cm³/mol. The summed E-state index contributed by atoms with van der Waals surface area (Å²) in [5.74, 6) is -2.61. The lowest BCUT2D eigenvalue weighted by molar-refractivity contribution is 0.0698. The summed E-state index contributed by atoms with van der Waals surface area (Å²) in [7, 11) is 0. The van der Waals surface area contributed by atoms with E-state index in [-0.39, 0.29) is 22.0 Å². The molecule has 0 unspecified atom stereocenters. The van der Waals surface area contributed by atoms with Crippen LogP contribution in [0.4, 0.5) is 10.1 Å². The molecule has 0 spiro atoms. The second-order valence-corrected chi connectivity index (χ2v) is 4.15. The van der Waals surface area contributed by atoms with Gasteiger partial charge in [0.2, 0.25) is 0 Å². The third-order valence-corrected chi connectivity index (χ3v) is 2.77. The summed E-state index contributed by atoms with van der Waals surface area (Å²) in [6.07, 6.45) is 1.41. The molecule has 0 aliphatic heterocycles. The van der Waals surface area contributed by atoms with Crippen molar-refractivity contribution in [3.63, 3.8) is 0 Å². The number of rotatable bonds is 3. The van der Waals surface area contributed by atoms with Crippen LogP contribution in [0.5, 0.6) is 0 Å². The van der Waals surface area contributed by atoms with E-state index >= 15 is 0 Å². The zero-order valence-corrected chi connectivity index (χ0v) is 10.7. The van der Waals surface area contributed by atoms with Crippen LogP contribution in [0.3, 0.4) is 0 Å². The number of nitrogens with one attached hydrogen (secondary N) is 1. The molecule has 0 aliphatic rings. The van der Waals surface area contributed by atoms with Crippen LogP contribution in [0, 0.1) is 5.82 Å². The van der Waals surface area contributed by atoms with Crippen LogP contribution in [0.15, 0.2) is 36.5 Å². The average molecular weight is 295 g/mol. The van der Waals surface area contributed by atoms with Gasteiger partial charge in [0.15, 0.2) is 0 Å². The number of carbonyl (C=O) groups excluding carboxylic acids is 1. The second kappa shape index (κ2) is 5.66. The van der Waals surface area contributed by atoms with Gasteiger partial charge in [0.25, 0.3) is 5.91 Å². The van der Waals surface area contributed by atoms with E-state index in [1.165, 1.54) is 18.3 Å². The maximum absolute atomic E-state index is 13.2. The van der Waals surface area contributed by atoms with Crippen molar-refractivity contribution < 1.29 is 19.1 Å². The molecule has 5 nitrogen and oxygen atoms in total. The lowest BCUT2D eigenvalue weighted by Gasteiger charge is -2.09. The molecule has 0 saturated carbocycles. The molecule has 0 fully saturated rings. The smallest absolute Gasteiger partial charge is 0.337 e. The highest BCUT2D eigenvalue weighted by atomic mass is 35.5. The first-order chi connectivity index (χ1) is 9.49. The van der Waals surface area contributed by atoms with Crippen LogP contribution in [0.25, 0.3) is 0 Å². The number of benzene rings is 1. The van der Waals surface area contributed by atoms with Gasteiger partial charge in [-0.05, 0) is 30.3 Å². The Labute approximate surface area is 118 Å². The number of aromatic carboxylic acids is 1. The van der Waals surface area contributed by atoms with Gasteiger partial charge in [-0.25, -0.2) is 14.2 Å². The third-order valence-electron chi connectivity index (χ3n) is 2.46. The van der Waals surface area contributed by atoms with Crippen molar-refractivity contribution in [1.29, 1.82) is 0 Å². The van der Waals surface area contributed by atoms with Crippen LogP contribution in [0.2, 0.25) is 5.15 Å². The Hall–Kier alpha value is -2.47. The molecule has 2 N–H and O–H groups in total. The molecular weight excluding hydrogens is 287 g/mol. The van der Waals surface area contributed by atoms with Gasteiger partial charge in [0.1, 0.15) is 11.0 Å². The van der Waals surface area contributed by atoms with Gasteiger partial charge in [-0.2, -0.15) is 0 Å². The van der Waals surface area contributed by atoms with Gasteiger partial charge >= 0.3 is 5.97 Å². The van der Waals surface area contributed by atoms with Crippen LogP contribution in [-0.2, 0) is 0 Å². The molecule has 1 aromatic heterocycles. The Morgan fingerprint density at radius 3 is 2.65 bits per heavy atom. The van der Waals surface area contributed by atoms with Crippen molar-refractivity contribution in [2.24, 2.45) is 0 Å². The summed E-state index contributed by atoms with van der Waals surface area (Å²) < 4.78 is 13.2. The zero-order valence-electron chi connectivity index (χ0n) is 9.93. The summed E-state index contributed by atoms with van der Waals surface area (Å²) in [6, 6.07) is 5.91. The molecule has 2 rings (SSSR count). The van der Waals surface area contributed by atoms with Gasteiger partial charge in [0, 0.05) is 6.20 Å². The molecule has 0 atom stereocenters. The number of carbonyl (C=O) groups is 2. The number of pyridine rings is 1. The summed E-state index contributed by atoms with van der Waals surface area (Å²) in [6.45, 7) is 0. The molecule has 0 radical (unpaired) electrons. The first kappa shape index (κ1) is 14.0. The van der Waals surface area contributed by atoms with E-state index in [0.717, 1.165) is 18.2 Å². The van der Waals surface area contributed by atoms with Crippen LogP contribution < -0.4 is 5.32 Å². The van der Waals surface area contributed by atoms with E-state index in [1.54, 1.807) is 0 Å². The molecule has 0 aliphatic carbocycles. The normalized spacial score (nSPS) is 10.1. The standard InChI is InChI=1S/C13H8ClFN2O3/c14-11-9(2-1-5-16-11)12(18)17-10-6-7(15)3-4-8(10)13(19)20/h1-6H,(H,17,18)(H,19,20). The SMILES string of the molecule is O=C(O)c1ccc(F)cc1NC(=O)c1cccnc1Cl. The Morgan fingerprint density at radius 1 is 1.25 bits per heavy atom. The lowest BCUT2D eigenvalue weighted by Crippen LogP contribution is -2.15. The fourth-order valence-corrected chi connectivity index (χ4v) is 1.76. The van der Waals surface area contributed by atoms with Gasteiger partial charge in [-0.1, -0.05) is 11.6 Å². The highest BCUT2D eigenvalue weighted by Crippen LogP contribution is 2.20. The van der Waals surface area contributed by atoms with Crippen LogP contribution in [0.1, 0.15) is 20.7 Å². The van der Waals surface area contributed by atoms with Crippen LogP contribution >= 0.6 is 11.6 Å². The van der Waals surface area contributed by atoms with E-state index < -0.39 is 17.7 Å². The van der Waals surface area contributed by atoms with E-state index in [9.17, 15) is 14.0 Å². The molecule has 102 valence electrons. The number of anilines is 1. The quantitative estimate of drug-likeness (QED) is 0.853. The summed E-state index contributed by atoms with van der Waals surface area (Å²) in [5.41, 5.74) is -0.308. The maximum atomic E-state index is 13.2. The number of carboxylic acid groups (broad SMARTS) is 1. The van der Waals surface area contributed by atoms with Gasteiger partial charge < -0.3 is 10.4 Å². The van der Waals surface area contributed by atoms with Crippen molar-refractivity contribution in [2.75, 3.05) is 5.32 Å². The van der Waals surface area contributed by atoms with Crippen molar-refractivity contribution in [2.45, 2.75) is 0 Å². The van der Waals surface area contributed by atoms with Crippen LogP contribution in [-0.4, -0.2) is 22.0 Å². The Kier molecular flexibility index (Phi) is 3.95. The van der Waals surface area contributed by atoms with Crippen molar-refractivity contribution in [1.82, 2.24) is 4.98 Å². The molecular formula is C13H8ClFN2O3. The van der Waals surface area contributed by atoms with Gasteiger partial charge in [0.05, 0.1) is 16.8 Å². The number of nitrogens with zero attached hydrogens (tertiary/aromatic N) is 1. The third kappa shape index (κ3) is 2.92. The molecule has 1 aromatic carbocycles. The highest BCUT2D eigenvalue weighted by Gasteiger charge is 2.16. The van der Waals surface area contributed by atoms with E-state index in [0.29, 0.717) is 0 Å². The van der Waals surface area contributed by atoms with E-state index in [4.69, 9.17) is 16.7 Å². The number of amides is 1. The van der Waals surface area contributed by atoms with Gasteiger partial charge in [-0.3, -0.25) is 4.79 Å². The first-order valence-electron chi connectivity index (χ1n) is 5.44. The largest absolute Gasteiger partial charge is 0.478 e. The zero-order chi connectivity index (χ0) is 14.7. The summed E-state index contributed by atoms with van der Waals surface area (Å²) in [4.78, 5) is 26.7. The first-order valence-corrected chi connectivity index (χ1v) is 5.81. The Bertz CT molecular complexity index is 691. The Morgan fingerprint density at radius 2 is 2.00 bits per heavy atom. The maximum Gasteiger partial charge on any atom is 0.337 e. The fourth-order valence-electron chi connectivity index (χ4n) is 1.55. The fraction of sp³-hybridized carbons (Fsp3) is 0. The molecule has 1 heterocycles. The average Bonchev–Trinajstić information content (AvgIpc) is 2.38. The van der Waals surface area contributed by atoms with E-state index in [1.807, 2.05) is 0 Å². The van der Waals surface area contributed by atoms with Crippen molar-refractivity contribution in [3.8, 4) is 0 Å². The minimum absolute atomic E-state index is 0.0294. The number of hydrogen-bond donors (Lipinski definition) is 2. The number of hydrogen-bond acceptors (Lipinski definition) is 3. The van der Waals surface area contributed by atoms with E-state index in [2.05, 4.69) is 10.3 Å².